The van der Waals surface area contributed by atoms with E-state index in [0.29, 0.717) is 36.8 Å². The minimum absolute atomic E-state index is 0. The number of β-lactam (4-membered cyclic amide) rings is 1. The van der Waals surface area contributed by atoms with Crippen LogP contribution in [0, 0.1) is 0 Å². The zero-order chi connectivity index (χ0) is 23.0. The number of carboxylic acid groups (broad SMARTS) is 1. The van der Waals surface area contributed by atoms with Crippen LogP contribution in [0.3, 0.4) is 0 Å². The summed E-state index contributed by atoms with van der Waals surface area (Å²) in [5, 5.41) is 10.4. The summed E-state index contributed by atoms with van der Waals surface area (Å²) < 4.78 is 25.8. The standard InChI is InChI=1S/C21H22N4O6S.Na/c1-23-8-10-24(11-9-23)17(26)6-5-14-13-32(30,31)20-16(12-15-4-2-3-7-22-15)19(27)25(20)18(14)21(28)29;/h2-7,12,20H,8-11,13H2,1H3,(H,28,29);/q;+1/p-1/b6-5+,16-12-;/t20-;/m1./s1. The maximum Gasteiger partial charge on any atom is 1.00 e. The van der Waals surface area contributed by atoms with E-state index >= 15 is 0 Å². The van der Waals surface area contributed by atoms with Gasteiger partial charge < -0.3 is 19.7 Å². The molecule has 0 aromatic carbocycles. The van der Waals surface area contributed by atoms with Crippen molar-refractivity contribution in [1.82, 2.24) is 19.7 Å². The van der Waals surface area contributed by atoms with Gasteiger partial charge in [-0.2, -0.15) is 0 Å². The Hall–Kier alpha value is -2.31. The summed E-state index contributed by atoms with van der Waals surface area (Å²) in [5.41, 5.74) is -0.364. The molecule has 0 radical (unpaired) electrons. The van der Waals surface area contributed by atoms with E-state index in [2.05, 4.69) is 9.88 Å². The van der Waals surface area contributed by atoms with Crippen molar-refractivity contribution < 1.29 is 57.5 Å². The van der Waals surface area contributed by atoms with Gasteiger partial charge in [0.2, 0.25) is 5.91 Å². The molecular formula is C21H21N4NaO6S. The molecule has 1 aromatic heterocycles. The summed E-state index contributed by atoms with van der Waals surface area (Å²) in [6.45, 7) is 2.43. The Bertz CT molecular complexity index is 1170. The minimum Gasteiger partial charge on any atom is -0.543 e. The summed E-state index contributed by atoms with van der Waals surface area (Å²) in [6.07, 6.45) is 5.14. The quantitative estimate of drug-likeness (QED) is 0.239. The Morgan fingerprint density at radius 3 is 2.48 bits per heavy atom. The fourth-order valence-electron chi connectivity index (χ4n) is 3.93. The third kappa shape index (κ3) is 4.97. The van der Waals surface area contributed by atoms with E-state index in [1.165, 1.54) is 12.3 Å². The van der Waals surface area contributed by atoms with Crippen LogP contribution in [0.1, 0.15) is 5.69 Å². The Labute approximate surface area is 213 Å². The molecule has 12 heteroatoms. The van der Waals surface area contributed by atoms with Crippen molar-refractivity contribution in [2.45, 2.75) is 5.37 Å². The van der Waals surface area contributed by atoms with Gasteiger partial charge in [-0.05, 0) is 30.8 Å². The molecule has 0 spiro atoms. The molecule has 0 N–H and O–H groups in total. The SMILES string of the molecule is CN1CCN(C(=O)/C=C/C2=C(C(=O)[O-])N3C(=O)/C(=C/c4ccccn4)[C@H]3S(=O)(=O)C2)CC1.[Na+]. The summed E-state index contributed by atoms with van der Waals surface area (Å²) in [5.74, 6) is -3.41. The number of carboxylic acids is 1. The number of amides is 2. The number of allylic oxidation sites excluding steroid dienone is 1. The van der Waals surface area contributed by atoms with Gasteiger partial charge in [-0.15, -0.1) is 0 Å². The average molecular weight is 480 g/mol. The van der Waals surface area contributed by atoms with Gasteiger partial charge in [0.25, 0.3) is 5.91 Å². The van der Waals surface area contributed by atoms with E-state index in [0.717, 1.165) is 12.2 Å². The number of piperazine rings is 1. The first-order valence-corrected chi connectivity index (χ1v) is 11.7. The fourth-order valence-corrected chi connectivity index (χ4v) is 5.83. The second-order valence-electron chi connectivity index (χ2n) is 7.81. The number of aliphatic carboxylic acids is 1. The first-order chi connectivity index (χ1) is 15.2. The molecule has 0 saturated carbocycles. The summed E-state index contributed by atoms with van der Waals surface area (Å²) in [6, 6.07) is 4.96. The number of likely N-dealkylation sites (N-methyl/N-ethyl adjacent to an activating group) is 1. The van der Waals surface area contributed by atoms with Gasteiger partial charge in [0, 0.05) is 38.5 Å². The first kappa shape index (κ1) is 25.3. The average Bonchev–Trinajstić information content (AvgIpc) is 2.76. The van der Waals surface area contributed by atoms with E-state index in [9.17, 15) is 27.9 Å². The number of carbonyl (C=O) groups excluding carboxylic acids is 3. The predicted octanol–water partition coefficient (Wildman–Crippen LogP) is -4.60. The monoisotopic (exact) mass is 480 g/mol. The molecule has 33 heavy (non-hydrogen) atoms. The third-order valence-corrected chi connectivity index (χ3v) is 7.49. The third-order valence-electron chi connectivity index (χ3n) is 5.63. The summed E-state index contributed by atoms with van der Waals surface area (Å²) in [7, 11) is -2.00. The second kappa shape index (κ2) is 9.90. The van der Waals surface area contributed by atoms with Crippen molar-refractivity contribution in [2.75, 3.05) is 39.0 Å². The van der Waals surface area contributed by atoms with Crippen molar-refractivity contribution in [3.8, 4) is 0 Å². The number of sulfone groups is 1. The van der Waals surface area contributed by atoms with E-state index < -0.39 is 38.5 Å². The van der Waals surface area contributed by atoms with Crippen LogP contribution in [0.15, 0.2) is 53.4 Å². The number of nitrogens with zero attached hydrogens (tertiary/aromatic N) is 4. The van der Waals surface area contributed by atoms with Gasteiger partial charge in [-0.3, -0.25) is 19.5 Å². The van der Waals surface area contributed by atoms with Crippen LogP contribution in [-0.4, -0.2) is 90.2 Å². The number of fused-ring (bicyclic) bond motifs is 1. The van der Waals surface area contributed by atoms with Gasteiger partial charge in [0.15, 0.2) is 15.2 Å². The summed E-state index contributed by atoms with van der Waals surface area (Å²) in [4.78, 5) is 45.4. The molecule has 3 aliphatic heterocycles. The largest absolute Gasteiger partial charge is 1.00 e. The van der Waals surface area contributed by atoms with Crippen LogP contribution in [-0.2, 0) is 24.2 Å². The molecule has 3 aliphatic rings. The smallest absolute Gasteiger partial charge is 0.543 e. The Morgan fingerprint density at radius 2 is 1.88 bits per heavy atom. The number of carbonyl (C=O) groups is 3. The molecule has 10 nitrogen and oxygen atoms in total. The zero-order valence-electron chi connectivity index (χ0n) is 18.3. The topological polar surface area (TPSA) is 131 Å². The van der Waals surface area contributed by atoms with E-state index in [-0.39, 0.29) is 46.6 Å². The molecule has 0 bridgehead atoms. The Morgan fingerprint density at radius 1 is 1.18 bits per heavy atom. The van der Waals surface area contributed by atoms with Crippen LogP contribution in [0.4, 0.5) is 0 Å². The number of aromatic nitrogens is 1. The zero-order valence-corrected chi connectivity index (χ0v) is 21.1. The van der Waals surface area contributed by atoms with Crippen LogP contribution >= 0.6 is 0 Å². The second-order valence-corrected chi connectivity index (χ2v) is 9.87. The number of hydrogen-bond acceptors (Lipinski definition) is 8. The van der Waals surface area contributed by atoms with Crippen LogP contribution < -0.4 is 34.7 Å². The number of rotatable bonds is 4. The molecule has 4 heterocycles. The van der Waals surface area contributed by atoms with Crippen LogP contribution in [0.25, 0.3) is 6.08 Å². The van der Waals surface area contributed by atoms with E-state index in [4.69, 9.17) is 0 Å². The first-order valence-electron chi connectivity index (χ1n) is 9.97. The van der Waals surface area contributed by atoms with Crippen molar-refractivity contribution in [3.63, 3.8) is 0 Å². The molecule has 4 rings (SSSR count). The Balaban J connectivity index is 0.00000306. The molecule has 0 unspecified atom stereocenters. The molecule has 2 fully saturated rings. The van der Waals surface area contributed by atoms with Crippen molar-refractivity contribution in [3.05, 3.63) is 59.1 Å². The van der Waals surface area contributed by atoms with Gasteiger partial charge in [0.1, 0.15) is 0 Å². The maximum atomic E-state index is 12.9. The van der Waals surface area contributed by atoms with Gasteiger partial charge >= 0.3 is 29.6 Å². The molecule has 168 valence electrons. The minimum atomic E-state index is -3.94. The normalized spacial score (nSPS) is 23.8. The van der Waals surface area contributed by atoms with Gasteiger partial charge in [-0.1, -0.05) is 12.1 Å². The molecular weight excluding hydrogens is 459 g/mol. The summed E-state index contributed by atoms with van der Waals surface area (Å²) >= 11 is 0. The van der Waals surface area contributed by atoms with Gasteiger partial charge in [-0.25, -0.2) is 8.42 Å². The molecule has 0 aliphatic carbocycles. The maximum absolute atomic E-state index is 12.9. The van der Waals surface area contributed by atoms with E-state index in [1.807, 2.05) is 7.05 Å². The van der Waals surface area contributed by atoms with Crippen LogP contribution in [0.5, 0.6) is 0 Å². The predicted molar refractivity (Wildman–Crippen MR) is 112 cm³/mol. The molecule has 1 atom stereocenters. The molecule has 1 aromatic rings. The number of hydrogen-bond donors (Lipinski definition) is 0. The molecule has 2 saturated heterocycles. The van der Waals surface area contributed by atoms with Crippen LogP contribution in [0.2, 0.25) is 0 Å². The fraction of sp³-hybridized carbons (Fsp3) is 0.333. The van der Waals surface area contributed by atoms with Gasteiger partial charge in [0.05, 0.1) is 28.7 Å². The number of pyridine rings is 1. The van der Waals surface area contributed by atoms with Crippen molar-refractivity contribution in [1.29, 1.82) is 0 Å². The molecule has 2 amide bonds. The Kier molecular flexibility index (Phi) is 7.59. The van der Waals surface area contributed by atoms with Crippen molar-refractivity contribution >= 4 is 33.7 Å². The van der Waals surface area contributed by atoms with E-state index in [1.54, 1.807) is 23.1 Å². The van der Waals surface area contributed by atoms with Crippen molar-refractivity contribution in [2.24, 2.45) is 0 Å².